The predicted octanol–water partition coefficient (Wildman–Crippen LogP) is 3.38. The minimum atomic E-state index is -0.874. The lowest BCUT2D eigenvalue weighted by atomic mass is 10.00. The molecular weight excluding hydrogens is 380 g/mol. The highest BCUT2D eigenvalue weighted by Crippen LogP contribution is 2.23. The Labute approximate surface area is 175 Å². The zero-order valence-corrected chi connectivity index (χ0v) is 16.9. The van der Waals surface area contributed by atoms with Gasteiger partial charge >= 0.3 is 5.97 Å². The van der Waals surface area contributed by atoms with Crippen LogP contribution in [0.5, 0.6) is 0 Å². The summed E-state index contributed by atoms with van der Waals surface area (Å²) in [7, 11) is 0. The Bertz CT molecular complexity index is 1040. The van der Waals surface area contributed by atoms with Crippen LogP contribution in [-0.2, 0) is 14.3 Å². The van der Waals surface area contributed by atoms with Crippen molar-refractivity contribution in [2.45, 2.75) is 25.9 Å². The Morgan fingerprint density at radius 2 is 1.50 bits per heavy atom. The second-order valence-electron chi connectivity index (χ2n) is 7.03. The average Bonchev–Trinajstić information content (AvgIpc) is 2.77. The van der Waals surface area contributed by atoms with Crippen LogP contribution >= 0.6 is 0 Å². The Hall–Kier alpha value is -3.67. The monoisotopic (exact) mass is 404 g/mol. The first-order valence-corrected chi connectivity index (χ1v) is 9.75. The van der Waals surface area contributed by atoms with Crippen LogP contribution in [0.25, 0.3) is 10.8 Å². The van der Waals surface area contributed by atoms with Crippen molar-refractivity contribution in [2.24, 2.45) is 0 Å². The van der Waals surface area contributed by atoms with Crippen molar-refractivity contribution in [3.05, 3.63) is 83.9 Å². The lowest BCUT2D eigenvalue weighted by molar-refractivity contribution is -0.150. The van der Waals surface area contributed by atoms with E-state index in [-0.39, 0.29) is 11.9 Å². The van der Waals surface area contributed by atoms with Gasteiger partial charge in [0.05, 0.1) is 6.04 Å². The van der Waals surface area contributed by atoms with Gasteiger partial charge in [0.25, 0.3) is 11.8 Å². The second-order valence-corrected chi connectivity index (χ2v) is 7.03. The molecule has 3 rings (SSSR count). The third-order valence-electron chi connectivity index (χ3n) is 4.75. The highest BCUT2D eigenvalue weighted by molar-refractivity contribution is 5.96. The summed E-state index contributed by atoms with van der Waals surface area (Å²) in [5.41, 5.74) is 1.43. The van der Waals surface area contributed by atoms with E-state index in [9.17, 15) is 14.4 Å². The molecule has 0 radical (unpaired) electrons. The third kappa shape index (κ3) is 5.23. The van der Waals surface area contributed by atoms with Crippen molar-refractivity contribution >= 4 is 28.6 Å². The highest BCUT2D eigenvalue weighted by Gasteiger charge is 2.20. The fourth-order valence-corrected chi connectivity index (χ4v) is 3.18. The molecule has 3 aromatic carbocycles. The van der Waals surface area contributed by atoms with Gasteiger partial charge in [-0.05, 0) is 42.3 Å². The van der Waals surface area contributed by atoms with E-state index >= 15 is 0 Å². The van der Waals surface area contributed by atoms with Gasteiger partial charge in [0, 0.05) is 5.56 Å². The molecule has 0 aromatic heterocycles. The summed E-state index contributed by atoms with van der Waals surface area (Å²) in [5, 5.41) is 7.55. The molecule has 2 atom stereocenters. The van der Waals surface area contributed by atoms with E-state index in [1.807, 2.05) is 49.4 Å². The summed E-state index contributed by atoms with van der Waals surface area (Å²) >= 11 is 0. The zero-order valence-electron chi connectivity index (χ0n) is 16.9. The van der Waals surface area contributed by atoms with Crippen LogP contribution in [0.15, 0.2) is 72.8 Å². The first-order valence-electron chi connectivity index (χ1n) is 9.75. The first-order chi connectivity index (χ1) is 14.5. The van der Waals surface area contributed by atoms with Crippen LogP contribution in [0.1, 0.15) is 35.8 Å². The highest BCUT2D eigenvalue weighted by atomic mass is 16.5. The van der Waals surface area contributed by atoms with Crippen molar-refractivity contribution in [3.8, 4) is 0 Å². The molecule has 6 nitrogen and oxygen atoms in total. The van der Waals surface area contributed by atoms with Crippen LogP contribution in [0.3, 0.4) is 0 Å². The van der Waals surface area contributed by atoms with E-state index in [2.05, 4.69) is 10.6 Å². The Balaban J connectivity index is 1.51. The van der Waals surface area contributed by atoms with Gasteiger partial charge in [-0.15, -0.1) is 0 Å². The SMILES string of the molecule is CC(NC(=O)COC(=O)[C@H](C)NC(=O)c1ccccc1)c1cccc2ccccc12. The fourth-order valence-electron chi connectivity index (χ4n) is 3.18. The lowest BCUT2D eigenvalue weighted by Gasteiger charge is -2.17. The van der Waals surface area contributed by atoms with Gasteiger partial charge < -0.3 is 15.4 Å². The molecule has 3 aromatic rings. The number of hydrogen-bond acceptors (Lipinski definition) is 4. The van der Waals surface area contributed by atoms with Crippen molar-refractivity contribution in [3.63, 3.8) is 0 Å². The molecule has 6 heteroatoms. The molecule has 0 aliphatic heterocycles. The molecule has 2 amide bonds. The van der Waals surface area contributed by atoms with Crippen LogP contribution in [0, 0.1) is 0 Å². The third-order valence-corrected chi connectivity index (χ3v) is 4.75. The Morgan fingerprint density at radius 3 is 2.27 bits per heavy atom. The van der Waals surface area contributed by atoms with Crippen LogP contribution < -0.4 is 10.6 Å². The van der Waals surface area contributed by atoms with Crippen LogP contribution in [0.4, 0.5) is 0 Å². The normalized spacial score (nSPS) is 12.6. The zero-order chi connectivity index (χ0) is 21.5. The van der Waals surface area contributed by atoms with Crippen LogP contribution in [-0.4, -0.2) is 30.4 Å². The standard InChI is InChI=1S/C24H24N2O4/c1-16(20-14-8-12-18-9-6-7-13-21(18)20)25-22(27)15-30-24(29)17(2)26-23(28)19-10-4-3-5-11-19/h3-14,16-17H,15H2,1-2H3,(H,25,27)(H,26,28)/t16?,17-/m0/s1. The molecular formula is C24H24N2O4. The molecule has 2 N–H and O–H groups in total. The number of rotatable bonds is 7. The molecule has 30 heavy (non-hydrogen) atoms. The van der Waals surface area contributed by atoms with E-state index in [0.29, 0.717) is 5.56 Å². The molecule has 0 saturated heterocycles. The molecule has 0 aliphatic carbocycles. The van der Waals surface area contributed by atoms with E-state index < -0.39 is 24.5 Å². The lowest BCUT2D eigenvalue weighted by Crippen LogP contribution is -2.41. The molecule has 0 saturated carbocycles. The topological polar surface area (TPSA) is 84.5 Å². The summed E-state index contributed by atoms with van der Waals surface area (Å²) in [6, 6.07) is 21.3. The summed E-state index contributed by atoms with van der Waals surface area (Å²) < 4.78 is 5.06. The summed E-state index contributed by atoms with van der Waals surface area (Å²) in [6.07, 6.45) is 0. The van der Waals surface area contributed by atoms with Crippen LogP contribution in [0.2, 0.25) is 0 Å². The number of fused-ring (bicyclic) bond motifs is 1. The second kappa shape index (κ2) is 9.69. The van der Waals surface area contributed by atoms with Gasteiger partial charge in [0.15, 0.2) is 6.61 Å². The van der Waals surface area contributed by atoms with Gasteiger partial charge in [-0.3, -0.25) is 9.59 Å². The maximum absolute atomic E-state index is 12.3. The van der Waals surface area contributed by atoms with Gasteiger partial charge in [0.1, 0.15) is 6.04 Å². The fraction of sp³-hybridized carbons (Fsp3) is 0.208. The maximum atomic E-state index is 12.3. The average molecular weight is 404 g/mol. The molecule has 0 heterocycles. The molecule has 0 spiro atoms. The van der Waals surface area contributed by atoms with Gasteiger partial charge in [-0.1, -0.05) is 60.7 Å². The minimum absolute atomic E-state index is 0.252. The molecule has 0 fully saturated rings. The minimum Gasteiger partial charge on any atom is -0.454 e. The number of nitrogens with one attached hydrogen (secondary N) is 2. The molecule has 0 bridgehead atoms. The first kappa shape index (κ1) is 21.0. The smallest absolute Gasteiger partial charge is 0.328 e. The summed E-state index contributed by atoms with van der Waals surface area (Å²) in [5.74, 6) is -1.47. The summed E-state index contributed by atoms with van der Waals surface area (Å²) in [6.45, 7) is 2.98. The van der Waals surface area contributed by atoms with E-state index in [1.54, 1.807) is 30.3 Å². The van der Waals surface area contributed by atoms with Gasteiger partial charge in [-0.25, -0.2) is 4.79 Å². The number of amides is 2. The van der Waals surface area contributed by atoms with E-state index in [0.717, 1.165) is 16.3 Å². The Morgan fingerprint density at radius 1 is 0.833 bits per heavy atom. The molecule has 154 valence electrons. The summed E-state index contributed by atoms with van der Waals surface area (Å²) in [4.78, 5) is 36.5. The largest absolute Gasteiger partial charge is 0.454 e. The predicted molar refractivity (Wildman–Crippen MR) is 115 cm³/mol. The van der Waals surface area contributed by atoms with E-state index in [1.165, 1.54) is 6.92 Å². The molecule has 0 aliphatic rings. The maximum Gasteiger partial charge on any atom is 0.328 e. The number of esters is 1. The van der Waals surface area contributed by atoms with Crippen molar-refractivity contribution in [1.82, 2.24) is 10.6 Å². The Kier molecular flexibility index (Phi) is 6.80. The van der Waals surface area contributed by atoms with Crippen molar-refractivity contribution in [1.29, 1.82) is 0 Å². The number of carbonyl (C=O) groups excluding carboxylic acids is 3. The van der Waals surface area contributed by atoms with Crippen molar-refractivity contribution in [2.75, 3.05) is 6.61 Å². The van der Waals surface area contributed by atoms with Crippen molar-refractivity contribution < 1.29 is 19.1 Å². The van der Waals surface area contributed by atoms with E-state index in [4.69, 9.17) is 4.74 Å². The quantitative estimate of drug-likeness (QED) is 0.591. The van der Waals surface area contributed by atoms with Gasteiger partial charge in [-0.2, -0.15) is 0 Å². The number of hydrogen-bond donors (Lipinski definition) is 2. The van der Waals surface area contributed by atoms with Gasteiger partial charge in [0.2, 0.25) is 0 Å². The number of benzene rings is 3. The number of ether oxygens (including phenoxy) is 1. The molecule has 1 unspecified atom stereocenters. The number of carbonyl (C=O) groups is 3.